The van der Waals surface area contributed by atoms with Crippen molar-refractivity contribution in [3.05, 3.63) is 64.5 Å². The second-order valence-electron chi connectivity index (χ2n) is 5.18. The van der Waals surface area contributed by atoms with Gasteiger partial charge in [-0.1, -0.05) is 41.2 Å². The Bertz CT molecular complexity index is 989. The van der Waals surface area contributed by atoms with Gasteiger partial charge < -0.3 is 5.11 Å². The number of fused-ring (bicyclic) bond motifs is 1. The Morgan fingerprint density at radius 2 is 1.83 bits per heavy atom. The van der Waals surface area contributed by atoms with E-state index in [1.165, 1.54) is 0 Å². The number of amides is 1. The molecule has 0 spiro atoms. The number of carbonyl (C=O) groups excluding carboxylic acids is 1. The molecule has 1 amide bonds. The van der Waals surface area contributed by atoms with Gasteiger partial charge in [0.2, 0.25) is 0 Å². The molecule has 0 radical (unpaired) electrons. The van der Waals surface area contributed by atoms with Crippen LogP contribution in [-0.2, 0) is 4.79 Å². The molecule has 7 heteroatoms. The van der Waals surface area contributed by atoms with Crippen LogP contribution in [0.5, 0.6) is 0 Å². The van der Waals surface area contributed by atoms with Crippen molar-refractivity contribution in [3.8, 4) is 0 Å². The lowest BCUT2D eigenvalue weighted by atomic mass is 10.1. The Morgan fingerprint density at radius 1 is 1.17 bits per heavy atom. The molecule has 122 valence electrons. The van der Waals surface area contributed by atoms with Gasteiger partial charge in [0, 0.05) is 5.56 Å². The maximum atomic E-state index is 14.2. The summed E-state index contributed by atoms with van der Waals surface area (Å²) in [7, 11) is 0. The number of nitrogens with zero attached hydrogens (tertiary/aromatic N) is 2. The number of benzene rings is 2. The molecule has 2 aromatic carbocycles. The van der Waals surface area contributed by atoms with Crippen molar-refractivity contribution in [2.24, 2.45) is 4.99 Å². The fraction of sp³-hybridized carbons (Fsp3) is 0.118. The quantitative estimate of drug-likeness (QED) is 0.792. The summed E-state index contributed by atoms with van der Waals surface area (Å²) < 4.78 is 15.8. The predicted molar refractivity (Wildman–Crippen MR) is 88.7 cm³/mol. The van der Waals surface area contributed by atoms with Crippen LogP contribution in [-0.4, -0.2) is 21.6 Å². The summed E-state index contributed by atoms with van der Waals surface area (Å²) >= 11 is 1.07. The van der Waals surface area contributed by atoms with Crippen molar-refractivity contribution < 1.29 is 19.1 Å². The molecule has 0 saturated heterocycles. The number of alkyl halides is 1. The number of carboxylic acid groups (broad SMARTS) is 1. The van der Waals surface area contributed by atoms with Crippen molar-refractivity contribution in [1.29, 1.82) is 0 Å². The normalized spacial score (nSPS) is 13.2. The zero-order chi connectivity index (χ0) is 17.3. The minimum Gasteiger partial charge on any atom is -0.478 e. The number of carbonyl (C=O) groups is 2. The highest BCUT2D eigenvalue weighted by atomic mass is 32.1. The first-order chi connectivity index (χ1) is 11.5. The third-order valence-electron chi connectivity index (χ3n) is 3.46. The summed E-state index contributed by atoms with van der Waals surface area (Å²) in [5.41, 5.74) is 1.74. The first-order valence-electron chi connectivity index (χ1n) is 7.10. The molecular weight excluding hydrogens is 331 g/mol. The van der Waals surface area contributed by atoms with Gasteiger partial charge in [-0.15, -0.1) is 0 Å². The van der Waals surface area contributed by atoms with Crippen LogP contribution in [0.3, 0.4) is 0 Å². The highest BCUT2D eigenvalue weighted by molar-refractivity contribution is 7.16. The predicted octanol–water partition coefficient (Wildman–Crippen LogP) is 3.31. The van der Waals surface area contributed by atoms with E-state index in [-0.39, 0.29) is 4.80 Å². The van der Waals surface area contributed by atoms with Gasteiger partial charge >= 0.3 is 5.97 Å². The highest BCUT2D eigenvalue weighted by Crippen LogP contribution is 2.21. The van der Waals surface area contributed by atoms with Crippen molar-refractivity contribution in [2.45, 2.75) is 13.2 Å². The molecule has 24 heavy (non-hydrogen) atoms. The first-order valence-corrected chi connectivity index (χ1v) is 7.91. The first kappa shape index (κ1) is 16.1. The van der Waals surface area contributed by atoms with Crippen molar-refractivity contribution in [3.63, 3.8) is 0 Å². The molecule has 3 aromatic rings. The molecule has 1 unspecified atom stereocenters. The lowest BCUT2D eigenvalue weighted by molar-refractivity contribution is -0.146. The van der Waals surface area contributed by atoms with Crippen LogP contribution in [0.15, 0.2) is 53.5 Å². The van der Waals surface area contributed by atoms with Gasteiger partial charge in [-0.3, -0.25) is 9.36 Å². The number of rotatable bonds is 3. The van der Waals surface area contributed by atoms with E-state index in [9.17, 15) is 14.0 Å². The van der Waals surface area contributed by atoms with E-state index in [0.29, 0.717) is 15.8 Å². The molecule has 0 fully saturated rings. The van der Waals surface area contributed by atoms with Crippen LogP contribution in [0, 0.1) is 6.92 Å². The fourth-order valence-electron chi connectivity index (χ4n) is 2.25. The molecule has 0 aliphatic heterocycles. The minimum absolute atomic E-state index is 0.0108. The van der Waals surface area contributed by atoms with Crippen molar-refractivity contribution in [1.82, 2.24) is 4.57 Å². The van der Waals surface area contributed by atoms with Crippen LogP contribution < -0.4 is 4.80 Å². The monoisotopic (exact) mass is 344 g/mol. The molecule has 0 bridgehead atoms. The summed E-state index contributed by atoms with van der Waals surface area (Å²) in [5, 5.41) is 9.00. The Hall–Kier alpha value is -2.80. The molecule has 0 aliphatic carbocycles. The molecule has 1 aromatic heterocycles. The van der Waals surface area contributed by atoms with E-state index in [2.05, 4.69) is 4.99 Å². The number of carboxylic acids is 1. The standard InChI is InChI=1S/C17H13FN2O3S/c1-10-6-8-11(9-7-10)15(21)19-17-20(14(18)16(22)23)12-4-2-3-5-13(12)24-17/h2-9,14H,1H3,(H,22,23). The number of aryl methyl sites for hydroxylation is 1. The Labute approximate surface area is 140 Å². The number of hydrogen-bond acceptors (Lipinski definition) is 3. The summed E-state index contributed by atoms with van der Waals surface area (Å²) in [5.74, 6) is -2.18. The largest absolute Gasteiger partial charge is 0.478 e. The van der Waals surface area contributed by atoms with Crippen LogP contribution in [0.25, 0.3) is 10.2 Å². The van der Waals surface area contributed by atoms with E-state index in [1.54, 1.807) is 48.5 Å². The Kier molecular flexibility index (Phi) is 4.26. The zero-order valence-corrected chi connectivity index (χ0v) is 13.5. The molecule has 1 atom stereocenters. The molecule has 1 heterocycles. The average Bonchev–Trinajstić information content (AvgIpc) is 2.92. The van der Waals surface area contributed by atoms with E-state index in [4.69, 9.17) is 5.11 Å². The molecule has 0 saturated carbocycles. The highest BCUT2D eigenvalue weighted by Gasteiger charge is 2.22. The maximum absolute atomic E-state index is 14.2. The molecule has 1 N–H and O–H groups in total. The zero-order valence-electron chi connectivity index (χ0n) is 12.6. The fourth-order valence-corrected chi connectivity index (χ4v) is 3.28. The van der Waals surface area contributed by atoms with E-state index >= 15 is 0 Å². The Balaban J connectivity index is 2.17. The summed E-state index contributed by atoms with van der Waals surface area (Å²) in [6.45, 7) is 1.89. The lowest BCUT2D eigenvalue weighted by Crippen LogP contribution is -2.24. The van der Waals surface area contributed by atoms with Gasteiger partial charge in [0.1, 0.15) is 0 Å². The average molecular weight is 344 g/mol. The number of aliphatic carboxylic acids is 1. The van der Waals surface area contributed by atoms with Gasteiger partial charge in [0.05, 0.1) is 10.2 Å². The van der Waals surface area contributed by atoms with Gasteiger partial charge in [-0.2, -0.15) is 4.99 Å². The van der Waals surface area contributed by atoms with E-state index < -0.39 is 18.2 Å². The number of thiazole rings is 1. The van der Waals surface area contributed by atoms with Crippen LogP contribution in [0.1, 0.15) is 22.2 Å². The third-order valence-corrected chi connectivity index (χ3v) is 4.49. The topological polar surface area (TPSA) is 71.7 Å². The smallest absolute Gasteiger partial charge is 0.360 e. The van der Waals surface area contributed by atoms with Crippen LogP contribution in [0.4, 0.5) is 4.39 Å². The molecule has 5 nitrogen and oxygen atoms in total. The summed E-state index contributed by atoms with van der Waals surface area (Å²) in [4.78, 5) is 27.3. The lowest BCUT2D eigenvalue weighted by Gasteiger charge is -2.06. The molecular formula is C17H13FN2O3S. The van der Waals surface area contributed by atoms with Crippen LogP contribution in [0.2, 0.25) is 0 Å². The number of halogens is 1. The third kappa shape index (κ3) is 2.98. The second kappa shape index (κ2) is 6.37. The van der Waals surface area contributed by atoms with E-state index in [0.717, 1.165) is 21.5 Å². The van der Waals surface area contributed by atoms with Crippen molar-refractivity contribution in [2.75, 3.05) is 0 Å². The molecule has 0 aliphatic rings. The molecule has 3 rings (SSSR count). The minimum atomic E-state index is -2.31. The Morgan fingerprint density at radius 3 is 2.50 bits per heavy atom. The van der Waals surface area contributed by atoms with Gasteiger partial charge in [-0.25, -0.2) is 9.18 Å². The summed E-state index contributed by atoms with van der Waals surface area (Å²) in [6, 6.07) is 13.5. The second-order valence-corrected chi connectivity index (χ2v) is 6.19. The number of para-hydroxylation sites is 1. The maximum Gasteiger partial charge on any atom is 0.360 e. The number of hydrogen-bond donors (Lipinski definition) is 1. The van der Waals surface area contributed by atoms with Gasteiger partial charge in [0.15, 0.2) is 4.80 Å². The van der Waals surface area contributed by atoms with Crippen molar-refractivity contribution >= 4 is 33.4 Å². The summed E-state index contributed by atoms with van der Waals surface area (Å²) in [6.07, 6.45) is -2.31. The van der Waals surface area contributed by atoms with Crippen LogP contribution >= 0.6 is 11.3 Å². The SMILES string of the molecule is Cc1ccc(C(=O)N=c2sc3ccccc3n2C(F)C(=O)O)cc1. The van der Waals surface area contributed by atoms with E-state index in [1.807, 2.05) is 6.92 Å². The van der Waals surface area contributed by atoms with Gasteiger partial charge in [0.25, 0.3) is 12.2 Å². The number of aromatic nitrogens is 1. The van der Waals surface area contributed by atoms with Gasteiger partial charge in [-0.05, 0) is 31.2 Å².